The maximum absolute atomic E-state index is 8.73. The zero-order valence-corrected chi connectivity index (χ0v) is 10.3. The Morgan fingerprint density at radius 1 is 1.24 bits per heavy atom. The second-order valence-corrected chi connectivity index (χ2v) is 3.51. The lowest BCUT2D eigenvalue weighted by molar-refractivity contribution is 0.298. The van der Waals surface area contributed by atoms with Gasteiger partial charge in [-0.25, -0.2) is 0 Å². The SMILES string of the molecule is CCOc1ccc(OCCC(C#N)NC)cc1. The third kappa shape index (κ3) is 4.75. The average molecular weight is 234 g/mol. The summed E-state index contributed by atoms with van der Waals surface area (Å²) in [7, 11) is 1.77. The molecule has 0 aliphatic heterocycles. The Morgan fingerprint density at radius 2 is 1.82 bits per heavy atom. The monoisotopic (exact) mass is 234 g/mol. The van der Waals surface area contributed by atoms with Gasteiger partial charge in [0.25, 0.3) is 0 Å². The van der Waals surface area contributed by atoms with Gasteiger partial charge < -0.3 is 14.8 Å². The molecule has 92 valence electrons. The van der Waals surface area contributed by atoms with Gasteiger partial charge in [0.1, 0.15) is 11.5 Å². The molecule has 0 saturated carbocycles. The van der Waals surface area contributed by atoms with Gasteiger partial charge in [-0.3, -0.25) is 0 Å². The van der Waals surface area contributed by atoms with Crippen LogP contribution in [0.1, 0.15) is 13.3 Å². The number of hydrogen-bond donors (Lipinski definition) is 1. The van der Waals surface area contributed by atoms with Crippen LogP contribution in [-0.2, 0) is 0 Å². The maximum Gasteiger partial charge on any atom is 0.119 e. The molecule has 4 heteroatoms. The van der Waals surface area contributed by atoms with Gasteiger partial charge in [-0.05, 0) is 38.2 Å². The fraction of sp³-hybridized carbons (Fsp3) is 0.462. The van der Waals surface area contributed by atoms with Gasteiger partial charge >= 0.3 is 0 Å². The molecule has 0 aliphatic rings. The number of benzene rings is 1. The summed E-state index contributed by atoms with van der Waals surface area (Å²) in [4.78, 5) is 0. The van der Waals surface area contributed by atoms with Crippen LogP contribution in [0.25, 0.3) is 0 Å². The second kappa shape index (κ2) is 7.53. The third-order valence-corrected chi connectivity index (χ3v) is 2.31. The van der Waals surface area contributed by atoms with Gasteiger partial charge in [0.15, 0.2) is 0 Å². The van der Waals surface area contributed by atoms with Crippen LogP contribution in [0.3, 0.4) is 0 Å². The lowest BCUT2D eigenvalue weighted by atomic mass is 10.2. The molecular formula is C13H18N2O2. The number of ether oxygens (including phenoxy) is 2. The lowest BCUT2D eigenvalue weighted by Crippen LogP contribution is -2.25. The molecule has 0 heterocycles. The van der Waals surface area contributed by atoms with Crippen molar-refractivity contribution in [2.45, 2.75) is 19.4 Å². The third-order valence-electron chi connectivity index (χ3n) is 2.31. The average Bonchev–Trinajstić information content (AvgIpc) is 2.37. The van der Waals surface area contributed by atoms with Crippen LogP contribution < -0.4 is 14.8 Å². The molecule has 17 heavy (non-hydrogen) atoms. The molecular weight excluding hydrogens is 216 g/mol. The van der Waals surface area contributed by atoms with Crippen molar-refractivity contribution < 1.29 is 9.47 Å². The number of nitrogens with zero attached hydrogens (tertiary/aromatic N) is 1. The molecule has 1 unspecified atom stereocenters. The van der Waals surface area contributed by atoms with Crippen molar-refractivity contribution in [3.63, 3.8) is 0 Å². The molecule has 4 nitrogen and oxygen atoms in total. The van der Waals surface area contributed by atoms with Crippen LogP contribution in [0.15, 0.2) is 24.3 Å². The van der Waals surface area contributed by atoms with E-state index in [0.717, 1.165) is 11.5 Å². The minimum Gasteiger partial charge on any atom is -0.494 e. The summed E-state index contributed by atoms with van der Waals surface area (Å²) < 4.78 is 10.9. The highest BCUT2D eigenvalue weighted by Crippen LogP contribution is 2.17. The Labute approximate surface area is 102 Å². The fourth-order valence-corrected chi connectivity index (χ4v) is 1.37. The number of nitrogens with one attached hydrogen (secondary N) is 1. The van der Waals surface area contributed by atoms with Crippen molar-refractivity contribution in [1.82, 2.24) is 5.32 Å². The highest BCUT2D eigenvalue weighted by atomic mass is 16.5. The Hall–Kier alpha value is -1.73. The number of nitriles is 1. The van der Waals surface area contributed by atoms with Crippen molar-refractivity contribution in [2.75, 3.05) is 20.3 Å². The highest BCUT2D eigenvalue weighted by molar-refractivity contribution is 5.31. The van der Waals surface area contributed by atoms with E-state index in [1.54, 1.807) is 7.05 Å². The predicted molar refractivity (Wildman–Crippen MR) is 66.2 cm³/mol. The van der Waals surface area contributed by atoms with E-state index in [0.29, 0.717) is 19.6 Å². The summed E-state index contributed by atoms with van der Waals surface area (Å²) in [6.07, 6.45) is 0.667. The molecule has 1 N–H and O–H groups in total. The molecule has 1 aromatic carbocycles. The quantitative estimate of drug-likeness (QED) is 0.783. The Morgan fingerprint density at radius 3 is 2.29 bits per heavy atom. The molecule has 0 fully saturated rings. The summed E-state index contributed by atoms with van der Waals surface area (Å²) >= 11 is 0. The Kier molecular flexibility index (Phi) is 5.91. The molecule has 0 aromatic heterocycles. The lowest BCUT2D eigenvalue weighted by Gasteiger charge is -2.10. The number of rotatable bonds is 7. The molecule has 0 bridgehead atoms. The van der Waals surface area contributed by atoms with Crippen LogP contribution in [0, 0.1) is 11.3 Å². The van der Waals surface area contributed by atoms with Gasteiger partial charge in [0, 0.05) is 6.42 Å². The predicted octanol–water partition coefficient (Wildman–Crippen LogP) is 1.97. The van der Waals surface area contributed by atoms with Gasteiger partial charge in [-0.2, -0.15) is 5.26 Å². The summed E-state index contributed by atoms with van der Waals surface area (Å²) in [6, 6.07) is 9.48. The van der Waals surface area contributed by atoms with Crippen LogP contribution in [-0.4, -0.2) is 26.3 Å². The van der Waals surface area contributed by atoms with E-state index in [4.69, 9.17) is 14.7 Å². The fourth-order valence-electron chi connectivity index (χ4n) is 1.37. The first-order valence-electron chi connectivity index (χ1n) is 5.72. The minimum atomic E-state index is -0.155. The topological polar surface area (TPSA) is 54.3 Å². The number of hydrogen-bond acceptors (Lipinski definition) is 4. The Balaban J connectivity index is 2.34. The standard InChI is InChI=1S/C13H18N2O2/c1-3-16-12-4-6-13(7-5-12)17-9-8-11(10-14)15-2/h4-7,11,15H,3,8-9H2,1-2H3. The molecule has 0 spiro atoms. The van der Waals surface area contributed by atoms with Crippen molar-refractivity contribution in [1.29, 1.82) is 5.26 Å². The first kappa shape index (κ1) is 13.3. The second-order valence-electron chi connectivity index (χ2n) is 3.51. The summed E-state index contributed by atoms with van der Waals surface area (Å²) in [5.74, 6) is 1.63. The molecule has 0 amide bonds. The minimum absolute atomic E-state index is 0.155. The maximum atomic E-state index is 8.73. The summed E-state index contributed by atoms with van der Waals surface area (Å²) in [5, 5.41) is 11.6. The first-order chi connectivity index (χ1) is 8.30. The largest absolute Gasteiger partial charge is 0.494 e. The summed E-state index contributed by atoms with van der Waals surface area (Å²) in [6.45, 7) is 3.13. The smallest absolute Gasteiger partial charge is 0.119 e. The van der Waals surface area contributed by atoms with Crippen molar-refractivity contribution >= 4 is 0 Å². The van der Waals surface area contributed by atoms with E-state index in [-0.39, 0.29) is 6.04 Å². The molecule has 0 saturated heterocycles. The highest BCUT2D eigenvalue weighted by Gasteiger charge is 2.03. The molecule has 1 aromatic rings. The molecule has 0 radical (unpaired) electrons. The van der Waals surface area contributed by atoms with E-state index in [1.807, 2.05) is 31.2 Å². The molecule has 1 atom stereocenters. The van der Waals surface area contributed by atoms with Crippen molar-refractivity contribution in [3.05, 3.63) is 24.3 Å². The van der Waals surface area contributed by atoms with E-state index >= 15 is 0 Å². The van der Waals surface area contributed by atoms with Crippen molar-refractivity contribution in [3.8, 4) is 17.6 Å². The zero-order chi connectivity index (χ0) is 12.5. The van der Waals surface area contributed by atoms with Crippen LogP contribution in [0.2, 0.25) is 0 Å². The van der Waals surface area contributed by atoms with E-state index in [1.165, 1.54) is 0 Å². The first-order valence-corrected chi connectivity index (χ1v) is 5.72. The van der Waals surface area contributed by atoms with Crippen LogP contribution in [0.4, 0.5) is 0 Å². The van der Waals surface area contributed by atoms with Crippen molar-refractivity contribution in [2.24, 2.45) is 0 Å². The molecule has 0 aliphatic carbocycles. The van der Waals surface area contributed by atoms with Crippen LogP contribution in [0.5, 0.6) is 11.5 Å². The summed E-state index contributed by atoms with van der Waals surface area (Å²) in [5.41, 5.74) is 0. The van der Waals surface area contributed by atoms with Gasteiger partial charge in [-0.15, -0.1) is 0 Å². The van der Waals surface area contributed by atoms with E-state index < -0.39 is 0 Å². The van der Waals surface area contributed by atoms with E-state index in [2.05, 4.69) is 11.4 Å². The van der Waals surface area contributed by atoms with E-state index in [9.17, 15) is 0 Å². The zero-order valence-electron chi connectivity index (χ0n) is 10.3. The normalized spacial score (nSPS) is 11.6. The van der Waals surface area contributed by atoms with Gasteiger partial charge in [-0.1, -0.05) is 0 Å². The van der Waals surface area contributed by atoms with Gasteiger partial charge in [0.05, 0.1) is 25.3 Å². The molecule has 1 rings (SSSR count). The Bertz CT molecular complexity index is 357. The van der Waals surface area contributed by atoms with Gasteiger partial charge in [0.2, 0.25) is 0 Å². The van der Waals surface area contributed by atoms with Crippen LogP contribution >= 0.6 is 0 Å².